The van der Waals surface area contributed by atoms with Crippen LogP contribution in [0.25, 0.3) is 0 Å². The summed E-state index contributed by atoms with van der Waals surface area (Å²) in [7, 11) is 0. The number of hydrogen-bond donors (Lipinski definition) is 0. The van der Waals surface area contributed by atoms with E-state index in [9.17, 15) is 14.4 Å². The summed E-state index contributed by atoms with van der Waals surface area (Å²) in [5, 5.41) is 0. The number of hydrogen-bond acceptors (Lipinski definition) is 12. The average Bonchev–Trinajstić information content (AvgIpc) is 2.83. The Morgan fingerprint density at radius 3 is 1.03 bits per heavy atom. The average molecular weight is 523 g/mol. The van der Waals surface area contributed by atoms with E-state index in [1.807, 2.05) is 0 Å². The molecule has 0 atom stereocenters. The van der Waals surface area contributed by atoms with Crippen LogP contribution in [0.1, 0.15) is 20.3 Å². The standard InChI is InChI=1S/C24H42O12/c1-21(2)24(27)36-19-17-34-15-13-32-11-9-30-7-5-28-4-6-29-8-10-31-12-14-33-16-18-35-23(26)20-22(3)25/h1,4-20H2,2-3H3. The number of rotatable bonds is 27. The van der Waals surface area contributed by atoms with Gasteiger partial charge >= 0.3 is 11.9 Å². The molecule has 0 aromatic heterocycles. The monoisotopic (exact) mass is 522 g/mol. The Kier molecular flexibility index (Phi) is 24.7. The zero-order valence-electron chi connectivity index (χ0n) is 21.6. The molecule has 12 nitrogen and oxygen atoms in total. The molecule has 0 saturated carbocycles. The van der Waals surface area contributed by atoms with Crippen molar-refractivity contribution < 1.29 is 57.0 Å². The third-order valence-corrected chi connectivity index (χ3v) is 3.93. The Hall–Kier alpha value is -1.93. The van der Waals surface area contributed by atoms with Crippen LogP contribution in [0, 0.1) is 0 Å². The second kappa shape index (κ2) is 26.1. The van der Waals surface area contributed by atoms with Crippen molar-refractivity contribution in [1.29, 1.82) is 0 Å². The van der Waals surface area contributed by atoms with Crippen molar-refractivity contribution in [3.05, 3.63) is 12.2 Å². The number of ether oxygens (including phenoxy) is 9. The smallest absolute Gasteiger partial charge is 0.333 e. The van der Waals surface area contributed by atoms with Gasteiger partial charge in [-0.25, -0.2) is 4.79 Å². The van der Waals surface area contributed by atoms with Crippen LogP contribution >= 0.6 is 0 Å². The topological polar surface area (TPSA) is 134 Å². The SMILES string of the molecule is C=C(C)C(=O)OCCOCCOCCOCCOCCOCCOCCOCCOC(=O)CC(C)=O. The van der Waals surface area contributed by atoms with Gasteiger partial charge in [0.15, 0.2) is 0 Å². The molecule has 0 unspecified atom stereocenters. The minimum absolute atomic E-state index is 0.114. The van der Waals surface area contributed by atoms with Gasteiger partial charge in [0.2, 0.25) is 0 Å². The van der Waals surface area contributed by atoms with Crippen molar-refractivity contribution in [2.75, 3.05) is 106 Å². The maximum Gasteiger partial charge on any atom is 0.333 e. The van der Waals surface area contributed by atoms with Crippen molar-refractivity contribution in [2.24, 2.45) is 0 Å². The number of ketones is 1. The lowest BCUT2D eigenvalue weighted by Gasteiger charge is -2.09. The molecule has 0 heterocycles. The van der Waals surface area contributed by atoms with Crippen LogP contribution < -0.4 is 0 Å². The van der Waals surface area contributed by atoms with Crippen molar-refractivity contribution >= 4 is 17.7 Å². The van der Waals surface area contributed by atoms with E-state index in [0.717, 1.165) is 0 Å². The minimum Gasteiger partial charge on any atom is -0.463 e. The van der Waals surface area contributed by atoms with Crippen molar-refractivity contribution in [3.8, 4) is 0 Å². The number of Topliss-reactive ketones (excluding diaryl/α,β-unsaturated/α-hetero) is 1. The van der Waals surface area contributed by atoms with Gasteiger partial charge in [0.1, 0.15) is 25.4 Å². The van der Waals surface area contributed by atoms with E-state index < -0.39 is 11.9 Å². The summed E-state index contributed by atoms with van der Waals surface area (Å²) >= 11 is 0. The fourth-order valence-corrected chi connectivity index (χ4v) is 2.21. The van der Waals surface area contributed by atoms with E-state index >= 15 is 0 Å². The van der Waals surface area contributed by atoms with Gasteiger partial charge < -0.3 is 42.6 Å². The molecule has 210 valence electrons. The zero-order chi connectivity index (χ0) is 26.7. The summed E-state index contributed by atoms with van der Waals surface area (Å²) in [4.78, 5) is 33.0. The van der Waals surface area contributed by atoms with Crippen LogP contribution in [0.2, 0.25) is 0 Å². The maximum absolute atomic E-state index is 11.1. The van der Waals surface area contributed by atoms with Crippen LogP contribution in [-0.4, -0.2) is 123 Å². The van der Waals surface area contributed by atoms with Gasteiger partial charge in [-0.2, -0.15) is 0 Å². The Morgan fingerprint density at radius 2 is 0.750 bits per heavy atom. The van der Waals surface area contributed by atoms with E-state index in [1.54, 1.807) is 6.92 Å². The number of carbonyl (C=O) groups excluding carboxylic acids is 3. The summed E-state index contributed by atoms with van der Waals surface area (Å²) < 4.78 is 47.1. The Balaban J connectivity index is 3.12. The summed E-state index contributed by atoms with van der Waals surface area (Å²) in [6.45, 7) is 12.6. The highest BCUT2D eigenvalue weighted by molar-refractivity contribution is 5.94. The quantitative estimate of drug-likeness (QED) is 0.0652. The molecule has 0 aromatic carbocycles. The molecular formula is C24H42O12. The molecular weight excluding hydrogens is 480 g/mol. The third-order valence-electron chi connectivity index (χ3n) is 3.93. The van der Waals surface area contributed by atoms with Crippen molar-refractivity contribution in [1.82, 2.24) is 0 Å². The second-order valence-electron chi connectivity index (χ2n) is 7.30. The van der Waals surface area contributed by atoms with E-state index in [2.05, 4.69) is 6.58 Å². The van der Waals surface area contributed by atoms with Crippen LogP contribution in [0.3, 0.4) is 0 Å². The largest absolute Gasteiger partial charge is 0.463 e. The first-order valence-corrected chi connectivity index (χ1v) is 12.0. The van der Waals surface area contributed by atoms with Gasteiger partial charge in [0, 0.05) is 5.57 Å². The van der Waals surface area contributed by atoms with E-state index in [0.29, 0.717) is 91.5 Å². The molecule has 0 saturated heterocycles. The van der Waals surface area contributed by atoms with Gasteiger partial charge in [0.25, 0.3) is 0 Å². The van der Waals surface area contributed by atoms with Gasteiger partial charge in [0.05, 0.1) is 92.5 Å². The predicted octanol–water partition coefficient (Wildman–Crippen LogP) is 0.744. The van der Waals surface area contributed by atoms with Crippen LogP contribution in [-0.2, 0) is 57.0 Å². The lowest BCUT2D eigenvalue weighted by Crippen LogP contribution is -2.16. The maximum atomic E-state index is 11.1. The molecule has 0 radical (unpaired) electrons. The van der Waals surface area contributed by atoms with Crippen molar-refractivity contribution in [2.45, 2.75) is 20.3 Å². The summed E-state index contributed by atoms with van der Waals surface area (Å²) in [5.41, 5.74) is 0.363. The molecule has 0 bridgehead atoms. The highest BCUT2D eigenvalue weighted by Gasteiger charge is 2.05. The zero-order valence-corrected chi connectivity index (χ0v) is 21.6. The fourth-order valence-electron chi connectivity index (χ4n) is 2.21. The van der Waals surface area contributed by atoms with Crippen LogP contribution in [0.4, 0.5) is 0 Å². The van der Waals surface area contributed by atoms with Gasteiger partial charge in [-0.1, -0.05) is 6.58 Å². The number of esters is 2. The molecule has 0 N–H and O–H groups in total. The van der Waals surface area contributed by atoms with E-state index in [1.165, 1.54) is 6.92 Å². The van der Waals surface area contributed by atoms with Crippen molar-refractivity contribution in [3.63, 3.8) is 0 Å². The van der Waals surface area contributed by atoms with E-state index in [-0.39, 0.29) is 32.0 Å². The molecule has 12 heteroatoms. The molecule has 0 rings (SSSR count). The second-order valence-corrected chi connectivity index (χ2v) is 7.30. The Labute approximate surface area is 213 Å². The Morgan fingerprint density at radius 1 is 0.472 bits per heavy atom. The molecule has 0 fully saturated rings. The minimum atomic E-state index is -0.543. The molecule has 0 spiro atoms. The molecule has 0 aromatic rings. The molecule has 0 aliphatic carbocycles. The van der Waals surface area contributed by atoms with Crippen LogP contribution in [0.15, 0.2) is 12.2 Å². The fraction of sp³-hybridized carbons (Fsp3) is 0.792. The first-order valence-electron chi connectivity index (χ1n) is 12.0. The molecule has 0 amide bonds. The predicted molar refractivity (Wildman–Crippen MR) is 128 cm³/mol. The summed E-state index contributed by atoms with van der Waals surface area (Å²) in [5.74, 6) is -1.19. The Bertz CT molecular complexity index is 581. The van der Waals surface area contributed by atoms with E-state index in [4.69, 9.17) is 42.6 Å². The van der Waals surface area contributed by atoms with Gasteiger partial charge in [-0.15, -0.1) is 0 Å². The lowest BCUT2D eigenvalue weighted by molar-refractivity contribution is -0.147. The summed E-state index contributed by atoms with van der Waals surface area (Å²) in [6, 6.07) is 0. The first kappa shape index (κ1) is 34.1. The van der Waals surface area contributed by atoms with Gasteiger partial charge in [-0.05, 0) is 13.8 Å². The third kappa shape index (κ3) is 26.7. The highest BCUT2D eigenvalue weighted by Crippen LogP contribution is 1.92. The lowest BCUT2D eigenvalue weighted by atomic mass is 10.3. The molecule has 0 aliphatic heterocycles. The first-order chi connectivity index (χ1) is 17.4. The molecule has 0 aliphatic rings. The van der Waals surface area contributed by atoms with Gasteiger partial charge in [-0.3, -0.25) is 9.59 Å². The number of carbonyl (C=O) groups is 3. The van der Waals surface area contributed by atoms with Crippen LogP contribution in [0.5, 0.6) is 0 Å². The molecule has 36 heavy (non-hydrogen) atoms. The summed E-state index contributed by atoms with van der Waals surface area (Å²) in [6.07, 6.45) is -0.212. The highest BCUT2D eigenvalue weighted by atomic mass is 16.6. The normalized spacial score (nSPS) is 10.8.